The van der Waals surface area contributed by atoms with Gasteiger partial charge in [0.25, 0.3) is 5.56 Å². The maximum Gasteiger partial charge on any atom is 0.273 e. The Labute approximate surface area is 184 Å². The standard InChI is InChI=1S/C21H26N6O3S/c1-3-25-7-9-26(10-8-25)21-24-19-18(31-21)20(29)27(14-23-19)13-17(28)22-12-15-5-4-6-16(11-15)30-2/h4-6,11,14H,3,7-10,12-13H2,1-2H3,(H,22,28). The number of amides is 1. The van der Waals surface area contributed by atoms with Gasteiger partial charge in [-0.05, 0) is 24.2 Å². The summed E-state index contributed by atoms with van der Waals surface area (Å²) in [5, 5.41) is 3.65. The van der Waals surface area contributed by atoms with E-state index in [0.29, 0.717) is 16.9 Å². The van der Waals surface area contributed by atoms with Crippen molar-refractivity contribution in [3.05, 3.63) is 46.5 Å². The first-order valence-corrected chi connectivity index (χ1v) is 11.1. The number of methoxy groups -OCH3 is 1. The first-order valence-electron chi connectivity index (χ1n) is 10.3. The Kier molecular flexibility index (Phi) is 6.47. The van der Waals surface area contributed by atoms with Gasteiger partial charge in [0.2, 0.25) is 5.91 Å². The number of nitrogens with one attached hydrogen (secondary N) is 1. The third kappa shape index (κ3) is 4.86. The number of benzene rings is 1. The van der Waals surface area contributed by atoms with Gasteiger partial charge in [0.05, 0.1) is 7.11 Å². The van der Waals surface area contributed by atoms with Gasteiger partial charge in [-0.1, -0.05) is 30.4 Å². The molecule has 4 rings (SSSR count). The third-order valence-electron chi connectivity index (χ3n) is 5.40. The number of rotatable bonds is 7. The van der Waals surface area contributed by atoms with Crippen LogP contribution in [0.25, 0.3) is 10.3 Å². The van der Waals surface area contributed by atoms with Crippen molar-refractivity contribution in [1.82, 2.24) is 24.8 Å². The van der Waals surface area contributed by atoms with Crippen LogP contribution in [-0.2, 0) is 17.9 Å². The van der Waals surface area contributed by atoms with Crippen molar-refractivity contribution >= 4 is 32.7 Å². The number of aromatic nitrogens is 3. The molecule has 0 saturated carbocycles. The average Bonchev–Trinajstić information content (AvgIpc) is 3.25. The zero-order chi connectivity index (χ0) is 21.8. The second-order valence-corrected chi connectivity index (χ2v) is 8.35. The summed E-state index contributed by atoms with van der Waals surface area (Å²) in [5.41, 5.74) is 1.12. The first kappa shape index (κ1) is 21.3. The van der Waals surface area contributed by atoms with Gasteiger partial charge in [-0.2, -0.15) is 4.98 Å². The predicted molar refractivity (Wildman–Crippen MR) is 121 cm³/mol. The fourth-order valence-corrected chi connectivity index (χ4v) is 4.55. The molecule has 31 heavy (non-hydrogen) atoms. The van der Waals surface area contributed by atoms with Crippen LogP contribution in [-0.4, -0.2) is 65.2 Å². The summed E-state index contributed by atoms with van der Waals surface area (Å²) in [6, 6.07) is 7.48. The summed E-state index contributed by atoms with van der Waals surface area (Å²) in [4.78, 5) is 38.7. The van der Waals surface area contributed by atoms with Gasteiger partial charge in [-0.25, -0.2) is 4.98 Å². The number of carbonyl (C=O) groups is 1. The van der Waals surface area contributed by atoms with E-state index in [1.165, 1.54) is 22.2 Å². The van der Waals surface area contributed by atoms with Crippen LogP contribution >= 0.6 is 11.3 Å². The fraction of sp³-hybridized carbons (Fsp3) is 0.429. The number of nitrogens with zero attached hydrogens (tertiary/aromatic N) is 5. The Hall–Kier alpha value is -2.98. The van der Waals surface area contributed by atoms with Crippen molar-refractivity contribution in [2.75, 3.05) is 44.7 Å². The highest BCUT2D eigenvalue weighted by atomic mass is 32.1. The smallest absolute Gasteiger partial charge is 0.273 e. The van der Waals surface area contributed by atoms with Crippen LogP contribution in [0.5, 0.6) is 5.75 Å². The van der Waals surface area contributed by atoms with Crippen LogP contribution in [0.3, 0.4) is 0 Å². The van der Waals surface area contributed by atoms with Crippen LogP contribution in [0.2, 0.25) is 0 Å². The summed E-state index contributed by atoms with van der Waals surface area (Å²) < 4.78 is 7.01. The Balaban J connectivity index is 1.42. The Morgan fingerprint density at radius 2 is 2.06 bits per heavy atom. The molecule has 0 radical (unpaired) electrons. The number of thiazole rings is 1. The van der Waals surface area contributed by atoms with Crippen molar-refractivity contribution in [3.8, 4) is 5.75 Å². The quantitative estimate of drug-likeness (QED) is 0.590. The molecule has 0 bridgehead atoms. The minimum atomic E-state index is -0.258. The molecule has 10 heteroatoms. The van der Waals surface area contributed by atoms with E-state index >= 15 is 0 Å². The maximum atomic E-state index is 12.9. The molecule has 0 unspecified atom stereocenters. The lowest BCUT2D eigenvalue weighted by Gasteiger charge is -2.33. The molecular weight excluding hydrogens is 416 g/mol. The zero-order valence-corrected chi connectivity index (χ0v) is 18.5. The fourth-order valence-electron chi connectivity index (χ4n) is 3.53. The van der Waals surface area contributed by atoms with E-state index in [1.807, 2.05) is 24.3 Å². The summed E-state index contributed by atoms with van der Waals surface area (Å²) in [7, 11) is 1.60. The molecule has 0 spiro atoms. The Morgan fingerprint density at radius 3 is 2.81 bits per heavy atom. The van der Waals surface area contributed by atoms with E-state index in [4.69, 9.17) is 4.74 Å². The number of piperazine rings is 1. The van der Waals surface area contributed by atoms with Crippen molar-refractivity contribution < 1.29 is 9.53 Å². The molecule has 1 amide bonds. The van der Waals surface area contributed by atoms with E-state index in [2.05, 4.69) is 32.0 Å². The number of ether oxygens (including phenoxy) is 1. The number of anilines is 1. The van der Waals surface area contributed by atoms with E-state index < -0.39 is 0 Å². The number of carbonyl (C=O) groups excluding carboxylic acids is 1. The third-order valence-corrected chi connectivity index (χ3v) is 6.49. The van der Waals surface area contributed by atoms with Crippen molar-refractivity contribution in [3.63, 3.8) is 0 Å². The average molecular weight is 443 g/mol. The van der Waals surface area contributed by atoms with Crippen LogP contribution < -0.4 is 20.5 Å². The Morgan fingerprint density at radius 1 is 1.26 bits per heavy atom. The SMILES string of the molecule is CCN1CCN(c2nc3ncn(CC(=O)NCc4cccc(OC)c4)c(=O)c3s2)CC1. The second kappa shape index (κ2) is 9.44. The molecule has 2 aromatic heterocycles. The summed E-state index contributed by atoms with van der Waals surface area (Å²) in [5.74, 6) is 0.473. The van der Waals surface area contributed by atoms with E-state index in [0.717, 1.165) is 49.2 Å². The largest absolute Gasteiger partial charge is 0.497 e. The number of hydrogen-bond donors (Lipinski definition) is 1. The molecule has 0 atom stereocenters. The lowest BCUT2D eigenvalue weighted by molar-refractivity contribution is -0.121. The molecule has 1 aliphatic rings. The molecule has 3 aromatic rings. The molecule has 9 nitrogen and oxygen atoms in total. The number of likely N-dealkylation sites (N-methyl/N-ethyl adjacent to an activating group) is 1. The highest BCUT2D eigenvalue weighted by molar-refractivity contribution is 7.22. The summed E-state index contributed by atoms with van der Waals surface area (Å²) in [6.45, 7) is 7.20. The lowest BCUT2D eigenvalue weighted by atomic mass is 10.2. The molecule has 1 saturated heterocycles. The minimum Gasteiger partial charge on any atom is -0.497 e. The zero-order valence-electron chi connectivity index (χ0n) is 17.7. The van der Waals surface area contributed by atoms with Crippen LogP contribution in [0, 0.1) is 0 Å². The van der Waals surface area contributed by atoms with Gasteiger partial charge in [-0.15, -0.1) is 0 Å². The monoisotopic (exact) mass is 442 g/mol. The van der Waals surface area contributed by atoms with Crippen molar-refractivity contribution in [2.45, 2.75) is 20.0 Å². The van der Waals surface area contributed by atoms with Gasteiger partial charge in [-0.3, -0.25) is 14.2 Å². The highest BCUT2D eigenvalue weighted by Gasteiger charge is 2.20. The normalized spacial score (nSPS) is 14.7. The second-order valence-electron chi connectivity index (χ2n) is 7.38. The molecule has 3 heterocycles. The van der Waals surface area contributed by atoms with Crippen molar-refractivity contribution in [2.24, 2.45) is 0 Å². The van der Waals surface area contributed by atoms with E-state index in [-0.39, 0.29) is 18.0 Å². The van der Waals surface area contributed by atoms with Gasteiger partial charge in [0.15, 0.2) is 10.8 Å². The van der Waals surface area contributed by atoms with Crippen molar-refractivity contribution in [1.29, 1.82) is 0 Å². The predicted octanol–water partition coefficient (Wildman–Crippen LogP) is 1.32. The molecule has 0 aliphatic carbocycles. The summed E-state index contributed by atoms with van der Waals surface area (Å²) >= 11 is 1.35. The molecular formula is C21H26N6O3S. The Bertz CT molecular complexity index is 1120. The van der Waals surface area contributed by atoms with Gasteiger partial charge < -0.3 is 19.9 Å². The number of hydrogen-bond acceptors (Lipinski definition) is 8. The van der Waals surface area contributed by atoms with Gasteiger partial charge in [0.1, 0.15) is 23.3 Å². The molecule has 164 valence electrons. The first-order chi connectivity index (χ1) is 15.1. The molecule has 1 aliphatic heterocycles. The van der Waals surface area contributed by atoms with Crippen LogP contribution in [0.1, 0.15) is 12.5 Å². The van der Waals surface area contributed by atoms with E-state index in [9.17, 15) is 9.59 Å². The maximum absolute atomic E-state index is 12.9. The van der Waals surface area contributed by atoms with Gasteiger partial charge >= 0.3 is 0 Å². The van der Waals surface area contributed by atoms with Gasteiger partial charge in [0, 0.05) is 32.7 Å². The lowest BCUT2D eigenvalue weighted by Crippen LogP contribution is -2.46. The number of fused-ring (bicyclic) bond motifs is 1. The van der Waals surface area contributed by atoms with E-state index in [1.54, 1.807) is 7.11 Å². The molecule has 1 fully saturated rings. The van der Waals surface area contributed by atoms with Crippen LogP contribution in [0.4, 0.5) is 5.13 Å². The summed E-state index contributed by atoms with van der Waals surface area (Å²) in [6.07, 6.45) is 1.40. The van der Waals surface area contributed by atoms with Crippen LogP contribution in [0.15, 0.2) is 35.4 Å². The molecule has 1 aromatic carbocycles. The topological polar surface area (TPSA) is 92.6 Å². The molecule has 1 N–H and O–H groups in total. The highest BCUT2D eigenvalue weighted by Crippen LogP contribution is 2.26. The minimum absolute atomic E-state index is 0.0891.